The predicted octanol–water partition coefficient (Wildman–Crippen LogP) is 5.31. The quantitative estimate of drug-likeness (QED) is 0.614. The average Bonchev–Trinajstić information content (AvgIpc) is 3.06. The van der Waals surface area contributed by atoms with E-state index in [0.29, 0.717) is 10.5 Å². The van der Waals surface area contributed by atoms with E-state index in [1.807, 2.05) is 18.7 Å². The lowest BCUT2D eigenvalue weighted by Gasteiger charge is -2.21. The van der Waals surface area contributed by atoms with Crippen molar-refractivity contribution in [3.05, 3.63) is 66.7 Å². The molecule has 1 aromatic heterocycles. The zero-order valence-corrected chi connectivity index (χ0v) is 14.0. The van der Waals surface area contributed by atoms with Crippen molar-refractivity contribution in [3.8, 4) is 0 Å². The molecule has 1 heterocycles. The molecule has 2 aromatic carbocycles. The van der Waals surface area contributed by atoms with Crippen molar-refractivity contribution in [2.75, 3.05) is 0 Å². The highest BCUT2D eigenvalue weighted by Crippen LogP contribution is 2.36. The number of aromatic nitrogens is 2. The van der Waals surface area contributed by atoms with Crippen LogP contribution < -0.4 is 0 Å². The normalized spacial score (nSPS) is 14.1. The highest BCUT2D eigenvalue weighted by atomic mass is 32.2. The van der Waals surface area contributed by atoms with Gasteiger partial charge >= 0.3 is 0 Å². The minimum atomic E-state index is 0.453. The molecular formula is C19H22N2S. The molecule has 3 aromatic rings. The number of rotatable bonds is 6. The maximum Gasteiger partial charge on any atom is 0.0946 e. The van der Waals surface area contributed by atoms with Crippen LogP contribution in [0.3, 0.4) is 0 Å². The molecular weight excluding hydrogens is 288 g/mol. The Morgan fingerprint density at radius 1 is 1.14 bits per heavy atom. The van der Waals surface area contributed by atoms with Gasteiger partial charge in [0.05, 0.1) is 6.33 Å². The summed E-state index contributed by atoms with van der Waals surface area (Å²) in [6, 6.07) is 15.4. The number of hydrogen-bond acceptors (Lipinski definition) is 2. The van der Waals surface area contributed by atoms with Gasteiger partial charge in [-0.15, -0.1) is 11.8 Å². The lowest BCUT2D eigenvalue weighted by molar-refractivity contribution is 0.680. The largest absolute Gasteiger partial charge is 0.336 e. The molecule has 0 aliphatic carbocycles. The van der Waals surface area contributed by atoms with Gasteiger partial charge in [0.25, 0.3) is 0 Å². The molecule has 0 N–H and O–H groups in total. The molecule has 2 atom stereocenters. The van der Waals surface area contributed by atoms with Gasteiger partial charge in [-0.3, -0.25) is 0 Å². The zero-order chi connectivity index (χ0) is 15.4. The Balaban J connectivity index is 1.91. The van der Waals surface area contributed by atoms with Crippen molar-refractivity contribution in [2.45, 2.75) is 37.3 Å². The summed E-state index contributed by atoms with van der Waals surface area (Å²) in [4.78, 5) is 4.17. The monoisotopic (exact) mass is 310 g/mol. The van der Waals surface area contributed by atoms with E-state index in [4.69, 9.17) is 0 Å². The first-order valence-electron chi connectivity index (χ1n) is 7.86. The molecule has 0 aliphatic rings. The molecule has 0 amide bonds. The minimum Gasteiger partial charge on any atom is -0.336 e. The van der Waals surface area contributed by atoms with Crippen LogP contribution in [0.15, 0.2) is 61.2 Å². The fraction of sp³-hybridized carbons (Fsp3) is 0.316. The Morgan fingerprint density at radius 3 is 2.68 bits per heavy atom. The molecule has 2 unspecified atom stereocenters. The first-order chi connectivity index (χ1) is 10.8. The van der Waals surface area contributed by atoms with Crippen LogP contribution in [0, 0.1) is 0 Å². The van der Waals surface area contributed by atoms with Gasteiger partial charge in [-0.05, 0) is 28.8 Å². The number of benzene rings is 2. The summed E-state index contributed by atoms with van der Waals surface area (Å²) in [5.74, 6) is 0. The minimum absolute atomic E-state index is 0.453. The van der Waals surface area contributed by atoms with Crippen LogP contribution in [-0.4, -0.2) is 14.8 Å². The summed E-state index contributed by atoms with van der Waals surface area (Å²) in [7, 11) is 0. The van der Waals surface area contributed by atoms with Crippen LogP contribution in [0.4, 0.5) is 0 Å². The Labute approximate surface area is 136 Å². The first-order valence-corrected chi connectivity index (χ1v) is 8.80. The molecule has 3 heteroatoms. The highest BCUT2D eigenvalue weighted by Gasteiger charge is 2.16. The van der Waals surface area contributed by atoms with E-state index in [1.165, 1.54) is 22.8 Å². The van der Waals surface area contributed by atoms with Crippen molar-refractivity contribution >= 4 is 22.5 Å². The van der Waals surface area contributed by atoms with Crippen LogP contribution in [0.25, 0.3) is 10.8 Å². The van der Waals surface area contributed by atoms with E-state index in [2.05, 4.69) is 77.6 Å². The lowest BCUT2D eigenvalue weighted by atomic mass is 10.0. The molecule has 0 spiro atoms. The fourth-order valence-electron chi connectivity index (χ4n) is 2.60. The van der Waals surface area contributed by atoms with Crippen LogP contribution in [0.1, 0.15) is 31.1 Å². The molecule has 0 fully saturated rings. The number of imidazole rings is 1. The summed E-state index contributed by atoms with van der Waals surface area (Å²) in [5.41, 5.74) is 1.40. The molecule has 114 valence electrons. The average molecular weight is 310 g/mol. The Kier molecular flexibility index (Phi) is 4.84. The van der Waals surface area contributed by atoms with Crippen LogP contribution in [0.2, 0.25) is 0 Å². The van der Waals surface area contributed by atoms with E-state index in [1.54, 1.807) is 0 Å². The third kappa shape index (κ3) is 3.53. The predicted molar refractivity (Wildman–Crippen MR) is 96.3 cm³/mol. The molecule has 0 aliphatic heterocycles. The van der Waals surface area contributed by atoms with Gasteiger partial charge in [0.1, 0.15) is 0 Å². The fourth-order valence-corrected chi connectivity index (χ4v) is 3.91. The Hall–Kier alpha value is -1.74. The van der Waals surface area contributed by atoms with Crippen LogP contribution in [-0.2, 0) is 6.54 Å². The van der Waals surface area contributed by atoms with Crippen molar-refractivity contribution < 1.29 is 0 Å². The van der Waals surface area contributed by atoms with Gasteiger partial charge in [-0.1, -0.05) is 50.2 Å². The van der Waals surface area contributed by atoms with E-state index in [-0.39, 0.29) is 0 Å². The highest BCUT2D eigenvalue weighted by molar-refractivity contribution is 8.00. The van der Waals surface area contributed by atoms with Crippen molar-refractivity contribution in [1.29, 1.82) is 0 Å². The molecule has 0 saturated heterocycles. The summed E-state index contributed by atoms with van der Waals surface area (Å²) in [6.45, 7) is 5.53. The standard InChI is InChI=1S/C19H22N2S/c1-3-15(2)22-19(13-21-11-10-20-14-21)18-9-8-16-6-4-5-7-17(16)12-18/h4-12,14-15,19H,3,13H2,1-2H3. The van der Waals surface area contributed by atoms with Gasteiger partial charge < -0.3 is 4.57 Å². The zero-order valence-electron chi connectivity index (χ0n) is 13.1. The van der Waals surface area contributed by atoms with Crippen LogP contribution in [0.5, 0.6) is 0 Å². The second kappa shape index (κ2) is 7.01. The smallest absolute Gasteiger partial charge is 0.0946 e. The molecule has 3 rings (SSSR count). The maximum atomic E-state index is 4.17. The topological polar surface area (TPSA) is 17.8 Å². The van der Waals surface area contributed by atoms with Gasteiger partial charge in [-0.25, -0.2) is 4.98 Å². The van der Waals surface area contributed by atoms with Gasteiger partial charge in [0.15, 0.2) is 0 Å². The van der Waals surface area contributed by atoms with Gasteiger partial charge in [0, 0.05) is 29.4 Å². The third-order valence-corrected chi connectivity index (χ3v) is 5.60. The summed E-state index contributed by atoms with van der Waals surface area (Å²) < 4.78 is 2.18. The van der Waals surface area contributed by atoms with Gasteiger partial charge in [0.2, 0.25) is 0 Å². The molecule has 22 heavy (non-hydrogen) atoms. The second-order valence-corrected chi connectivity index (χ2v) is 7.36. The van der Waals surface area contributed by atoms with E-state index in [9.17, 15) is 0 Å². The molecule has 0 bridgehead atoms. The third-order valence-electron chi connectivity index (χ3n) is 4.05. The van der Waals surface area contributed by atoms with E-state index in [0.717, 1.165) is 6.54 Å². The molecule has 0 saturated carbocycles. The Bertz CT molecular complexity index is 721. The maximum absolute atomic E-state index is 4.17. The summed E-state index contributed by atoms with van der Waals surface area (Å²) in [5, 5.41) is 3.73. The van der Waals surface area contributed by atoms with Crippen molar-refractivity contribution in [1.82, 2.24) is 9.55 Å². The Morgan fingerprint density at radius 2 is 1.95 bits per heavy atom. The van der Waals surface area contributed by atoms with Crippen molar-refractivity contribution in [2.24, 2.45) is 0 Å². The number of nitrogens with zero attached hydrogens (tertiary/aromatic N) is 2. The molecule has 0 radical (unpaired) electrons. The summed E-state index contributed by atoms with van der Waals surface area (Å²) >= 11 is 2.06. The summed E-state index contributed by atoms with van der Waals surface area (Å²) in [6.07, 6.45) is 7.00. The van der Waals surface area contributed by atoms with Crippen molar-refractivity contribution in [3.63, 3.8) is 0 Å². The SMILES string of the molecule is CCC(C)SC(Cn1ccnc1)c1ccc2ccccc2c1. The number of hydrogen-bond donors (Lipinski definition) is 0. The van der Waals surface area contributed by atoms with E-state index >= 15 is 0 Å². The molecule has 2 nitrogen and oxygen atoms in total. The van der Waals surface area contributed by atoms with E-state index < -0.39 is 0 Å². The second-order valence-electron chi connectivity index (χ2n) is 5.71. The number of fused-ring (bicyclic) bond motifs is 1. The first kappa shape index (κ1) is 15.2. The lowest BCUT2D eigenvalue weighted by Crippen LogP contribution is -2.08. The van der Waals surface area contributed by atoms with Gasteiger partial charge in [-0.2, -0.15) is 0 Å². The number of thioether (sulfide) groups is 1. The van der Waals surface area contributed by atoms with Crippen LogP contribution >= 0.6 is 11.8 Å².